The van der Waals surface area contributed by atoms with Gasteiger partial charge in [0, 0.05) is 30.8 Å². The van der Waals surface area contributed by atoms with E-state index >= 15 is 0 Å². The zero-order valence-corrected chi connectivity index (χ0v) is 11.6. The Morgan fingerprint density at radius 2 is 2.05 bits per heavy atom. The van der Waals surface area contributed by atoms with E-state index in [-0.39, 0.29) is 17.7 Å². The maximum atomic E-state index is 13.7. The van der Waals surface area contributed by atoms with Crippen LogP contribution in [0.4, 0.5) is 8.78 Å². The molecule has 1 aromatic carbocycles. The number of nitrogens with zero attached hydrogens (tertiary/aromatic N) is 2. The van der Waals surface area contributed by atoms with Gasteiger partial charge in [0.05, 0.1) is 5.69 Å². The highest BCUT2D eigenvalue weighted by atomic mass is 19.1. The lowest BCUT2D eigenvalue weighted by atomic mass is 10.1. The zero-order chi connectivity index (χ0) is 15.0. The summed E-state index contributed by atoms with van der Waals surface area (Å²) in [6.45, 7) is 2.89. The third-order valence-electron chi connectivity index (χ3n) is 3.71. The first-order valence-corrected chi connectivity index (χ1v) is 6.78. The second-order valence-electron chi connectivity index (χ2n) is 5.24. The summed E-state index contributed by atoms with van der Waals surface area (Å²) in [5.74, 6) is -0.538. The summed E-state index contributed by atoms with van der Waals surface area (Å²) in [5.41, 5.74) is 1.31. The van der Waals surface area contributed by atoms with E-state index in [9.17, 15) is 13.6 Å². The molecule has 1 aliphatic heterocycles. The van der Waals surface area contributed by atoms with E-state index in [1.807, 2.05) is 4.90 Å². The van der Waals surface area contributed by atoms with Crippen molar-refractivity contribution in [1.82, 2.24) is 14.9 Å². The van der Waals surface area contributed by atoms with Crippen LogP contribution in [0.1, 0.15) is 22.6 Å². The topological polar surface area (TPSA) is 49.0 Å². The zero-order valence-electron chi connectivity index (χ0n) is 11.6. The smallest absolute Gasteiger partial charge is 0.254 e. The van der Waals surface area contributed by atoms with Crippen molar-refractivity contribution in [2.45, 2.75) is 26.4 Å². The summed E-state index contributed by atoms with van der Waals surface area (Å²) < 4.78 is 27.4. The summed E-state index contributed by atoms with van der Waals surface area (Å²) in [7, 11) is 0. The van der Waals surface area contributed by atoms with Gasteiger partial charge >= 0.3 is 0 Å². The molecular weight excluding hydrogens is 276 g/mol. The molecule has 1 N–H and O–H groups in total. The lowest BCUT2D eigenvalue weighted by molar-refractivity contribution is 0.233. The fourth-order valence-corrected chi connectivity index (χ4v) is 2.66. The van der Waals surface area contributed by atoms with E-state index in [4.69, 9.17) is 0 Å². The Labute approximate surface area is 120 Å². The molecule has 0 radical (unpaired) electrons. The minimum atomic E-state index is -0.546. The van der Waals surface area contributed by atoms with E-state index in [2.05, 4.69) is 9.97 Å². The standard InChI is InChI=1S/C15H15F2N3O/c1-9-18-14-8-20(6-5-10(14)15(21)19-9)7-11-12(16)3-2-4-13(11)17/h2-4H,5-8H2,1H3,(H,18,19,21). The number of fused-ring (bicyclic) bond motifs is 1. The van der Waals surface area contributed by atoms with Crippen molar-refractivity contribution in [2.24, 2.45) is 0 Å². The number of hydrogen-bond donors (Lipinski definition) is 1. The Morgan fingerprint density at radius 1 is 1.33 bits per heavy atom. The number of hydrogen-bond acceptors (Lipinski definition) is 3. The molecule has 4 nitrogen and oxygen atoms in total. The van der Waals surface area contributed by atoms with Crippen LogP contribution in [0.3, 0.4) is 0 Å². The van der Waals surface area contributed by atoms with Crippen LogP contribution in [0.5, 0.6) is 0 Å². The molecule has 0 saturated heterocycles. The molecule has 0 unspecified atom stereocenters. The van der Waals surface area contributed by atoms with Crippen LogP contribution in [-0.2, 0) is 19.5 Å². The number of halogens is 2. The monoisotopic (exact) mass is 291 g/mol. The van der Waals surface area contributed by atoms with Crippen LogP contribution >= 0.6 is 0 Å². The highest BCUT2D eigenvalue weighted by Gasteiger charge is 2.22. The number of aromatic amines is 1. The van der Waals surface area contributed by atoms with E-state index in [0.717, 1.165) is 0 Å². The van der Waals surface area contributed by atoms with Crippen molar-refractivity contribution in [1.29, 1.82) is 0 Å². The summed E-state index contributed by atoms with van der Waals surface area (Å²) in [6, 6.07) is 3.86. The molecule has 2 aromatic rings. The van der Waals surface area contributed by atoms with Crippen LogP contribution in [0, 0.1) is 18.6 Å². The number of aryl methyl sites for hydroxylation is 1. The molecule has 3 rings (SSSR count). The van der Waals surface area contributed by atoms with Crippen molar-refractivity contribution in [3.05, 3.63) is 62.8 Å². The van der Waals surface area contributed by atoms with Gasteiger partial charge in [-0.3, -0.25) is 9.69 Å². The van der Waals surface area contributed by atoms with E-state index in [1.165, 1.54) is 18.2 Å². The predicted molar refractivity (Wildman–Crippen MR) is 73.8 cm³/mol. The fraction of sp³-hybridized carbons (Fsp3) is 0.333. The molecule has 0 amide bonds. The Kier molecular flexibility index (Phi) is 3.55. The minimum Gasteiger partial charge on any atom is -0.311 e. The van der Waals surface area contributed by atoms with Gasteiger partial charge in [-0.2, -0.15) is 0 Å². The maximum absolute atomic E-state index is 13.7. The average molecular weight is 291 g/mol. The molecule has 0 fully saturated rings. The van der Waals surface area contributed by atoms with Gasteiger partial charge in [-0.25, -0.2) is 13.8 Å². The highest BCUT2D eigenvalue weighted by Crippen LogP contribution is 2.19. The van der Waals surface area contributed by atoms with Gasteiger partial charge in [0.1, 0.15) is 17.5 Å². The Hall–Kier alpha value is -2.08. The molecular formula is C15H15F2N3O. The SMILES string of the molecule is Cc1nc2c(c(=O)[nH]1)CCN(Cc1c(F)cccc1F)C2. The molecule has 0 bridgehead atoms. The Morgan fingerprint density at radius 3 is 2.76 bits per heavy atom. The number of H-pyrrole nitrogens is 1. The first-order chi connectivity index (χ1) is 10.0. The Bertz CT molecular complexity index is 722. The second kappa shape index (κ2) is 5.37. The lowest BCUT2D eigenvalue weighted by Gasteiger charge is -2.27. The Balaban J connectivity index is 1.85. The summed E-state index contributed by atoms with van der Waals surface area (Å²) in [5, 5.41) is 0. The van der Waals surface area contributed by atoms with Crippen LogP contribution in [0.2, 0.25) is 0 Å². The number of benzene rings is 1. The van der Waals surface area contributed by atoms with Gasteiger partial charge in [0.2, 0.25) is 0 Å². The van der Waals surface area contributed by atoms with Crippen LogP contribution in [-0.4, -0.2) is 21.4 Å². The highest BCUT2D eigenvalue weighted by molar-refractivity contribution is 5.23. The molecule has 6 heteroatoms. The number of nitrogens with one attached hydrogen (secondary N) is 1. The number of aromatic nitrogens is 2. The summed E-state index contributed by atoms with van der Waals surface area (Å²) in [6.07, 6.45) is 0.536. The van der Waals surface area contributed by atoms with Gasteiger partial charge in [-0.05, 0) is 25.5 Å². The first kappa shape index (κ1) is 13.9. The molecule has 0 aliphatic carbocycles. The van der Waals surface area contributed by atoms with Crippen molar-refractivity contribution in [3.8, 4) is 0 Å². The second-order valence-corrected chi connectivity index (χ2v) is 5.24. The fourth-order valence-electron chi connectivity index (χ4n) is 2.66. The van der Waals surface area contributed by atoms with Crippen molar-refractivity contribution >= 4 is 0 Å². The van der Waals surface area contributed by atoms with Crippen LogP contribution in [0.25, 0.3) is 0 Å². The summed E-state index contributed by atoms with van der Waals surface area (Å²) in [4.78, 5) is 20.7. The van der Waals surface area contributed by atoms with Crippen molar-refractivity contribution in [3.63, 3.8) is 0 Å². The van der Waals surface area contributed by atoms with Gasteiger partial charge < -0.3 is 4.98 Å². The molecule has 1 aromatic heterocycles. The van der Waals surface area contributed by atoms with Gasteiger partial charge in [0.15, 0.2) is 0 Å². The molecule has 0 saturated carbocycles. The van der Waals surface area contributed by atoms with E-state index < -0.39 is 11.6 Å². The molecule has 110 valence electrons. The molecule has 2 heterocycles. The molecule has 21 heavy (non-hydrogen) atoms. The van der Waals surface area contributed by atoms with Crippen LogP contribution < -0.4 is 5.56 Å². The van der Waals surface area contributed by atoms with E-state index in [0.29, 0.717) is 36.6 Å². The van der Waals surface area contributed by atoms with Crippen molar-refractivity contribution < 1.29 is 8.78 Å². The normalized spacial score (nSPS) is 15.0. The summed E-state index contributed by atoms with van der Waals surface area (Å²) >= 11 is 0. The predicted octanol–water partition coefficient (Wildman–Crippen LogP) is 1.91. The average Bonchev–Trinajstić information content (AvgIpc) is 2.42. The first-order valence-electron chi connectivity index (χ1n) is 6.78. The molecule has 1 aliphatic rings. The van der Waals surface area contributed by atoms with E-state index in [1.54, 1.807) is 6.92 Å². The van der Waals surface area contributed by atoms with Crippen molar-refractivity contribution in [2.75, 3.05) is 6.54 Å². The minimum absolute atomic E-state index is 0.0579. The third-order valence-corrected chi connectivity index (χ3v) is 3.71. The molecule has 0 atom stereocenters. The molecule has 0 spiro atoms. The lowest BCUT2D eigenvalue weighted by Crippen LogP contribution is -2.35. The van der Waals surface area contributed by atoms with Gasteiger partial charge in [0.25, 0.3) is 5.56 Å². The number of rotatable bonds is 2. The maximum Gasteiger partial charge on any atom is 0.254 e. The third kappa shape index (κ3) is 2.71. The van der Waals surface area contributed by atoms with Gasteiger partial charge in [-0.1, -0.05) is 6.07 Å². The van der Waals surface area contributed by atoms with Crippen LogP contribution in [0.15, 0.2) is 23.0 Å². The van der Waals surface area contributed by atoms with Gasteiger partial charge in [-0.15, -0.1) is 0 Å². The quantitative estimate of drug-likeness (QED) is 0.919. The largest absolute Gasteiger partial charge is 0.311 e.